The number of benzene rings is 3. The minimum absolute atomic E-state index is 0.925. The van der Waals surface area contributed by atoms with Gasteiger partial charge in [0.15, 0.2) is 0 Å². The lowest BCUT2D eigenvalue weighted by Gasteiger charge is -2.18. The van der Waals surface area contributed by atoms with Crippen molar-refractivity contribution in [3.63, 3.8) is 0 Å². The van der Waals surface area contributed by atoms with Crippen LogP contribution in [0.25, 0.3) is 0 Å². The Morgan fingerprint density at radius 3 is 2.27 bits per heavy atom. The molecule has 3 aromatic carbocycles. The van der Waals surface area contributed by atoms with Crippen LogP contribution < -0.4 is 0 Å². The molecule has 1 heterocycles. The first-order chi connectivity index (χ1) is 10.9. The summed E-state index contributed by atoms with van der Waals surface area (Å²) >= 11 is 3.63. The molecular weight excluding hydrogens is 304 g/mol. The van der Waals surface area contributed by atoms with Crippen LogP contribution in [0.15, 0.2) is 86.3 Å². The van der Waals surface area contributed by atoms with Crippen LogP contribution in [0.2, 0.25) is 0 Å². The summed E-state index contributed by atoms with van der Waals surface area (Å²) in [4.78, 5) is 5.17. The molecule has 1 aliphatic heterocycles. The maximum Gasteiger partial charge on any atom is 0.0419 e. The third kappa shape index (κ3) is 2.66. The summed E-state index contributed by atoms with van der Waals surface area (Å²) in [6, 6.07) is 25.8. The van der Waals surface area contributed by atoms with Gasteiger partial charge in [-0.3, -0.25) is 0 Å². The average molecular weight is 315 g/mol. The lowest BCUT2D eigenvalue weighted by molar-refractivity contribution is 1.15. The van der Waals surface area contributed by atoms with Crippen LogP contribution in [-0.2, 0) is 0 Å². The highest BCUT2D eigenvalue weighted by Gasteiger charge is 2.18. The first-order valence-corrected chi connectivity index (χ1v) is 8.60. The van der Waals surface area contributed by atoms with Crippen LogP contribution in [0.4, 0.5) is 0 Å². The van der Waals surface area contributed by atoms with Crippen LogP contribution >= 0.6 is 23.5 Å². The second-order valence-corrected chi connectivity index (χ2v) is 6.95. The van der Waals surface area contributed by atoms with Crippen LogP contribution in [0.3, 0.4) is 0 Å². The average Bonchev–Trinajstić information content (AvgIpc) is 2.59. The number of rotatable bonds is 0. The Bertz CT molecular complexity index is 886. The highest BCUT2D eigenvalue weighted by atomic mass is 32.2. The molecule has 0 fully saturated rings. The summed E-state index contributed by atoms with van der Waals surface area (Å²) in [7, 11) is 0. The van der Waals surface area contributed by atoms with Crippen molar-refractivity contribution in [1.82, 2.24) is 0 Å². The molecule has 0 amide bonds. The molecule has 2 heteroatoms. The van der Waals surface area contributed by atoms with Crippen molar-refractivity contribution in [2.24, 2.45) is 0 Å². The number of hydrogen-bond acceptors (Lipinski definition) is 2. The number of fused-ring (bicyclic) bond motifs is 2. The molecule has 103 valence electrons. The Hall–Kier alpha value is -2.08. The van der Waals surface area contributed by atoms with Gasteiger partial charge in [0.05, 0.1) is 0 Å². The van der Waals surface area contributed by atoms with E-state index in [-0.39, 0.29) is 0 Å². The first kappa shape index (κ1) is 13.6. The van der Waals surface area contributed by atoms with Gasteiger partial charge in [-0.05, 0) is 36.4 Å². The molecule has 0 aromatic heterocycles. The second kappa shape index (κ2) is 5.96. The third-order valence-corrected chi connectivity index (χ3v) is 5.92. The molecule has 0 unspecified atom stereocenters. The Morgan fingerprint density at radius 1 is 0.682 bits per heavy atom. The lowest BCUT2D eigenvalue weighted by Crippen LogP contribution is -1.92. The molecule has 0 nitrogen and oxygen atoms in total. The molecular formula is C20H11S2. The summed E-state index contributed by atoms with van der Waals surface area (Å²) in [5.41, 5.74) is 2.01. The molecule has 3 aromatic rings. The molecule has 0 bridgehead atoms. The predicted octanol–water partition coefficient (Wildman–Crippen LogP) is 5.50. The van der Waals surface area contributed by atoms with Gasteiger partial charge in [0.1, 0.15) is 0 Å². The fourth-order valence-corrected chi connectivity index (χ4v) is 4.59. The second-order valence-electron chi connectivity index (χ2n) is 4.81. The van der Waals surface area contributed by atoms with Crippen LogP contribution in [0.1, 0.15) is 11.1 Å². The Balaban J connectivity index is 1.74. The molecule has 0 spiro atoms. The highest BCUT2D eigenvalue weighted by molar-refractivity contribution is 8.05. The molecule has 0 saturated carbocycles. The van der Waals surface area contributed by atoms with Gasteiger partial charge >= 0.3 is 0 Å². The number of hydrogen-bond donors (Lipinski definition) is 0. The maximum atomic E-state index is 3.30. The topological polar surface area (TPSA) is 0 Å². The van der Waals surface area contributed by atoms with Gasteiger partial charge in [0.25, 0.3) is 0 Å². The van der Waals surface area contributed by atoms with Gasteiger partial charge in [-0.1, -0.05) is 71.8 Å². The van der Waals surface area contributed by atoms with Gasteiger partial charge in [-0.15, -0.1) is 0 Å². The Labute approximate surface area is 139 Å². The molecule has 4 rings (SSSR count). The van der Waals surface area contributed by atoms with E-state index in [0.717, 1.165) is 11.1 Å². The minimum atomic E-state index is 0.925. The zero-order chi connectivity index (χ0) is 14.8. The third-order valence-electron chi connectivity index (χ3n) is 3.30. The monoisotopic (exact) mass is 315 g/mol. The highest BCUT2D eigenvalue weighted by Crippen LogP contribution is 2.49. The van der Waals surface area contributed by atoms with Gasteiger partial charge in [0.2, 0.25) is 0 Å². The van der Waals surface area contributed by atoms with Crippen molar-refractivity contribution in [2.75, 3.05) is 0 Å². The Morgan fingerprint density at radius 2 is 1.45 bits per heavy atom. The molecule has 0 aliphatic carbocycles. The van der Waals surface area contributed by atoms with E-state index in [2.05, 4.69) is 60.4 Å². The molecule has 1 radical (unpaired) electrons. The van der Waals surface area contributed by atoms with Crippen molar-refractivity contribution < 1.29 is 0 Å². The van der Waals surface area contributed by atoms with Crippen LogP contribution in [0.5, 0.6) is 0 Å². The SMILES string of the molecule is C(#Cc1cccc2c1Sc1ccccc1S2)c1[c]cccc1. The van der Waals surface area contributed by atoms with E-state index >= 15 is 0 Å². The van der Waals surface area contributed by atoms with Gasteiger partial charge in [-0.25, -0.2) is 0 Å². The Kier molecular flexibility index (Phi) is 3.68. The molecule has 0 saturated heterocycles. The van der Waals surface area contributed by atoms with Crippen molar-refractivity contribution in [3.05, 3.63) is 83.9 Å². The van der Waals surface area contributed by atoms with Gasteiger partial charge in [-0.2, -0.15) is 0 Å². The van der Waals surface area contributed by atoms with Gasteiger partial charge < -0.3 is 0 Å². The van der Waals surface area contributed by atoms with Crippen molar-refractivity contribution in [1.29, 1.82) is 0 Å². The van der Waals surface area contributed by atoms with E-state index in [4.69, 9.17) is 0 Å². The van der Waals surface area contributed by atoms with Crippen LogP contribution in [-0.4, -0.2) is 0 Å². The summed E-state index contributed by atoms with van der Waals surface area (Å²) in [6.45, 7) is 0. The van der Waals surface area contributed by atoms with E-state index in [1.807, 2.05) is 47.8 Å². The molecule has 1 aliphatic rings. The van der Waals surface area contributed by atoms with E-state index in [1.165, 1.54) is 19.6 Å². The zero-order valence-electron chi connectivity index (χ0n) is 11.7. The van der Waals surface area contributed by atoms with Crippen molar-refractivity contribution >= 4 is 23.5 Å². The summed E-state index contributed by atoms with van der Waals surface area (Å²) in [5.74, 6) is 6.51. The zero-order valence-corrected chi connectivity index (χ0v) is 13.3. The molecule has 0 atom stereocenters. The maximum absolute atomic E-state index is 3.30. The van der Waals surface area contributed by atoms with E-state index < -0.39 is 0 Å². The van der Waals surface area contributed by atoms with Crippen molar-refractivity contribution in [3.8, 4) is 11.8 Å². The fraction of sp³-hybridized carbons (Fsp3) is 0. The summed E-state index contributed by atoms with van der Waals surface area (Å²) in [6.07, 6.45) is 0. The fourth-order valence-electron chi connectivity index (χ4n) is 2.25. The largest absolute Gasteiger partial charge is 0.0877 e. The van der Waals surface area contributed by atoms with E-state index in [9.17, 15) is 0 Å². The quantitative estimate of drug-likeness (QED) is 0.393. The minimum Gasteiger partial charge on any atom is -0.0877 e. The summed E-state index contributed by atoms with van der Waals surface area (Å²) in [5, 5.41) is 0. The van der Waals surface area contributed by atoms with E-state index in [0.29, 0.717) is 0 Å². The molecule has 0 N–H and O–H groups in total. The van der Waals surface area contributed by atoms with Crippen LogP contribution in [0, 0.1) is 17.9 Å². The van der Waals surface area contributed by atoms with Gasteiger partial charge in [0, 0.05) is 30.7 Å². The smallest absolute Gasteiger partial charge is 0.0419 e. The standard InChI is InChI=1S/C20H11S2/c1-2-7-15(8-3-1)13-14-16-9-6-12-19-20(16)22-18-11-5-4-10-17(18)21-19/h1-7,9-12H. The normalized spacial score (nSPS) is 11.8. The molecule has 22 heavy (non-hydrogen) atoms. The predicted molar refractivity (Wildman–Crippen MR) is 92.4 cm³/mol. The van der Waals surface area contributed by atoms with Crippen molar-refractivity contribution in [2.45, 2.75) is 19.6 Å². The summed E-state index contributed by atoms with van der Waals surface area (Å²) < 4.78 is 0. The van der Waals surface area contributed by atoms with E-state index in [1.54, 1.807) is 0 Å². The lowest BCUT2D eigenvalue weighted by atomic mass is 10.2. The first-order valence-electron chi connectivity index (χ1n) is 6.97.